The van der Waals surface area contributed by atoms with Gasteiger partial charge in [-0.1, -0.05) is 38.4 Å². The van der Waals surface area contributed by atoms with Crippen LogP contribution >= 0.6 is 22.9 Å². The molecule has 2 N–H and O–H groups in total. The third-order valence-electron chi connectivity index (χ3n) is 6.56. The molecule has 0 spiro atoms. The van der Waals surface area contributed by atoms with Crippen molar-refractivity contribution in [2.24, 2.45) is 5.92 Å². The van der Waals surface area contributed by atoms with Crippen LogP contribution < -0.4 is 10.6 Å². The summed E-state index contributed by atoms with van der Waals surface area (Å²) in [5.41, 5.74) is 4.40. The van der Waals surface area contributed by atoms with Crippen molar-refractivity contribution in [1.29, 1.82) is 0 Å². The van der Waals surface area contributed by atoms with Crippen molar-refractivity contribution >= 4 is 34.7 Å². The zero-order valence-corrected chi connectivity index (χ0v) is 22.1. The highest BCUT2D eigenvalue weighted by Crippen LogP contribution is 2.41. The number of carbonyl (C=O) groups is 1. The Balaban J connectivity index is 1.66. The normalized spacial score (nSPS) is 14.8. The van der Waals surface area contributed by atoms with Crippen LogP contribution in [0, 0.1) is 12.8 Å². The number of fused-ring (bicyclic) bond motifs is 1. The van der Waals surface area contributed by atoms with Crippen molar-refractivity contribution in [3.8, 4) is 5.00 Å². The number of nitrogens with one attached hydrogen (secondary N) is 2. The molecule has 0 saturated carbocycles. The van der Waals surface area contributed by atoms with Gasteiger partial charge in [-0.2, -0.15) is 0 Å². The number of aryl methyl sites for hydroxylation is 1. The first-order valence-electron chi connectivity index (χ1n) is 12.2. The van der Waals surface area contributed by atoms with Crippen LogP contribution in [0.25, 0.3) is 5.00 Å². The Morgan fingerprint density at radius 3 is 2.65 bits per heavy atom. The number of anilines is 1. The highest BCUT2D eigenvalue weighted by atomic mass is 35.5. The number of nitrogens with zero attached hydrogens (tertiary/aromatic N) is 2. The molecule has 5 nitrogen and oxygen atoms in total. The number of likely N-dealkylation sites (N-methyl/N-ethyl adjacent to an activating group) is 1. The van der Waals surface area contributed by atoms with E-state index < -0.39 is 0 Å². The van der Waals surface area contributed by atoms with Crippen molar-refractivity contribution in [3.63, 3.8) is 0 Å². The van der Waals surface area contributed by atoms with Gasteiger partial charge in [0, 0.05) is 46.6 Å². The molecule has 0 bridgehead atoms. The van der Waals surface area contributed by atoms with Gasteiger partial charge in [-0.05, 0) is 74.0 Å². The van der Waals surface area contributed by atoms with E-state index in [9.17, 15) is 4.79 Å². The standard InChI is InChI=1S/C27H35ClN4OS/c1-5-31-15-12-21-24(17-31)34-26(32-13-6-7-14-32)25(21)23(11-8-18(2)3)30-27(33)29-20-10-9-19(4)22(28)16-20/h6-7,9-10,13-14,16,18,23H,5,8,11-12,15,17H2,1-4H3,(H2,29,30,33). The molecule has 7 heteroatoms. The molecule has 4 rings (SSSR count). The number of amides is 2. The quantitative estimate of drug-likeness (QED) is 0.345. The third kappa shape index (κ3) is 5.68. The number of carbonyl (C=O) groups excluding carboxylic acids is 1. The molecular weight excluding hydrogens is 464 g/mol. The van der Waals surface area contributed by atoms with E-state index in [-0.39, 0.29) is 12.1 Å². The minimum atomic E-state index is -0.196. The first kappa shape index (κ1) is 24.8. The molecule has 3 heterocycles. The summed E-state index contributed by atoms with van der Waals surface area (Å²) < 4.78 is 2.20. The first-order chi connectivity index (χ1) is 16.4. The topological polar surface area (TPSA) is 49.3 Å². The number of urea groups is 1. The summed E-state index contributed by atoms with van der Waals surface area (Å²) in [7, 11) is 0. The largest absolute Gasteiger partial charge is 0.331 e. The van der Waals surface area contributed by atoms with Gasteiger partial charge in [0.05, 0.1) is 6.04 Å². The third-order valence-corrected chi connectivity index (χ3v) is 8.21. The molecule has 0 aliphatic carbocycles. The second kappa shape index (κ2) is 11.0. The fraction of sp³-hybridized carbons (Fsp3) is 0.444. The molecule has 34 heavy (non-hydrogen) atoms. The van der Waals surface area contributed by atoms with Gasteiger partial charge >= 0.3 is 6.03 Å². The van der Waals surface area contributed by atoms with Gasteiger partial charge in [-0.15, -0.1) is 11.3 Å². The number of hydrogen-bond donors (Lipinski definition) is 2. The Morgan fingerprint density at radius 1 is 1.21 bits per heavy atom. The Labute approximate surface area is 212 Å². The van der Waals surface area contributed by atoms with E-state index in [0.717, 1.165) is 44.5 Å². The van der Waals surface area contributed by atoms with E-state index in [1.165, 1.54) is 21.0 Å². The second-order valence-electron chi connectivity index (χ2n) is 9.52. The summed E-state index contributed by atoms with van der Waals surface area (Å²) in [6, 6.07) is 9.48. The summed E-state index contributed by atoms with van der Waals surface area (Å²) >= 11 is 8.14. The lowest BCUT2D eigenvalue weighted by molar-refractivity contribution is 0.246. The van der Waals surface area contributed by atoms with Crippen LogP contribution in [0.1, 0.15) is 61.2 Å². The molecule has 1 unspecified atom stereocenters. The van der Waals surface area contributed by atoms with Gasteiger partial charge in [0.15, 0.2) is 0 Å². The van der Waals surface area contributed by atoms with Crippen molar-refractivity contribution in [1.82, 2.24) is 14.8 Å². The van der Waals surface area contributed by atoms with Crippen LogP contribution in [-0.2, 0) is 13.0 Å². The van der Waals surface area contributed by atoms with E-state index >= 15 is 0 Å². The molecule has 0 radical (unpaired) electrons. The van der Waals surface area contributed by atoms with Gasteiger partial charge < -0.3 is 15.2 Å². The van der Waals surface area contributed by atoms with Gasteiger partial charge in [-0.25, -0.2) is 4.79 Å². The molecule has 2 aromatic heterocycles. The highest BCUT2D eigenvalue weighted by Gasteiger charge is 2.30. The Bertz CT molecular complexity index is 1120. The summed E-state index contributed by atoms with van der Waals surface area (Å²) in [5, 5.41) is 8.19. The van der Waals surface area contributed by atoms with E-state index in [4.69, 9.17) is 11.6 Å². The predicted octanol–water partition coefficient (Wildman–Crippen LogP) is 7.18. The lowest BCUT2D eigenvalue weighted by atomic mass is 9.92. The highest BCUT2D eigenvalue weighted by molar-refractivity contribution is 7.15. The van der Waals surface area contributed by atoms with Crippen LogP contribution in [0.2, 0.25) is 5.02 Å². The monoisotopic (exact) mass is 498 g/mol. The number of thiophene rings is 1. The number of hydrogen-bond acceptors (Lipinski definition) is 3. The molecule has 1 aliphatic rings. The van der Waals surface area contributed by atoms with E-state index in [1.807, 2.05) is 30.4 Å². The molecule has 3 aromatic rings. The first-order valence-corrected chi connectivity index (χ1v) is 13.4. The molecule has 0 fully saturated rings. The SMILES string of the molecule is CCN1CCc2c(sc(-n3cccc3)c2C(CCC(C)C)NC(=O)Nc2ccc(C)c(Cl)c2)C1. The average Bonchev–Trinajstić information content (AvgIpc) is 3.46. The predicted molar refractivity (Wildman–Crippen MR) is 143 cm³/mol. The van der Waals surface area contributed by atoms with Crippen molar-refractivity contribution in [3.05, 3.63) is 69.3 Å². The molecular formula is C27H35ClN4OS. The smallest absolute Gasteiger partial charge is 0.319 e. The lowest BCUT2D eigenvalue weighted by Gasteiger charge is -2.28. The number of benzene rings is 1. The lowest BCUT2D eigenvalue weighted by Crippen LogP contribution is -2.35. The van der Waals surface area contributed by atoms with Gasteiger partial charge in [0.1, 0.15) is 5.00 Å². The van der Waals surface area contributed by atoms with Gasteiger partial charge in [-0.3, -0.25) is 4.90 Å². The van der Waals surface area contributed by atoms with Crippen molar-refractivity contribution in [2.45, 2.75) is 59.5 Å². The summed E-state index contributed by atoms with van der Waals surface area (Å²) in [6.45, 7) is 11.7. The number of rotatable bonds is 8. The molecule has 1 aliphatic heterocycles. The Kier molecular flexibility index (Phi) is 8.02. The summed E-state index contributed by atoms with van der Waals surface area (Å²) in [5.74, 6) is 0.559. The zero-order valence-electron chi connectivity index (χ0n) is 20.5. The maximum atomic E-state index is 13.1. The van der Waals surface area contributed by atoms with Crippen LogP contribution in [0.4, 0.5) is 10.5 Å². The summed E-state index contributed by atoms with van der Waals surface area (Å²) in [6.07, 6.45) is 7.16. The van der Waals surface area contributed by atoms with Gasteiger partial charge in [0.2, 0.25) is 0 Å². The maximum Gasteiger partial charge on any atom is 0.319 e. The molecule has 0 saturated heterocycles. The fourth-order valence-electron chi connectivity index (χ4n) is 4.54. The zero-order chi connectivity index (χ0) is 24.2. The molecule has 2 amide bonds. The minimum absolute atomic E-state index is 0.0612. The molecule has 1 atom stereocenters. The van der Waals surface area contributed by atoms with Crippen LogP contribution in [-0.4, -0.2) is 28.6 Å². The Hall–Kier alpha value is -2.28. The molecule has 1 aromatic carbocycles. The van der Waals surface area contributed by atoms with Crippen LogP contribution in [0.5, 0.6) is 0 Å². The minimum Gasteiger partial charge on any atom is -0.331 e. The van der Waals surface area contributed by atoms with E-state index in [1.54, 1.807) is 6.07 Å². The molecule has 182 valence electrons. The van der Waals surface area contributed by atoms with E-state index in [0.29, 0.717) is 16.6 Å². The second-order valence-corrected chi connectivity index (χ2v) is 11.0. The van der Waals surface area contributed by atoms with Crippen LogP contribution in [0.15, 0.2) is 42.7 Å². The average molecular weight is 499 g/mol. The van der Waals surface area contributed by atoms with Crippen molar-refractivity contribution in [2.75, 3.05) is 18.4 Å². The Morgan fingerprint density at radius 2 is 1.97 bits per heavy atom. The van der Waals surface area contributed by atoms with E-state index in [2.05, 4.69) is 65.4 Å². The van der Waals surface area contributed by atoms with Crippen LogP contribution in [0.3, 0.4) is 0 Å². The van der Waals surface area contributed by atoms with Crippen molar-refractivity contribution < 1.29 is 4.79 Å². The van der Waals surface area contributed by atoms with Gasteiger partial charge in [0.25, 0.3) is 0 Å². The fourth-order valence-corrected chi connectivity index (χ4v) is 6.14. The number of halogens is 1. The maximum absolute atomic E-state index is 13.1. The summed E-state index contributed by atoms with van der Waals surface area (Å²) in [4.78, 5) is 17.1. The number of aromatic nitrogens is 1.